The predicted molar refractivity (Wildman–Crippen MR) is 178 cm³/mol. The molecule has 10 nitrogen and oxygen atoms in total. The van der Waals surface area contributed by atoms with Gasteiger partial charge in [-0.2, -0.15) is 13.2 Å². The van der Waals surface area contributed by atoms with E-state index < -0.39 is 41.4 Å². The molecule has 1 atom stereocenters. The molecule has 0 radical (unpaired) electrons. The third kappa shape index (κ3) is 8.20. The van der Waals surface area contributed by atoms with Crippen LogP contribution in [-0.4, -0.2) is 47.4 Å². The van der Waals surface area contributed by atoms with Gasteiger partial charge in [-0.3, -0.25) is 24.5 Å². The number of carbonyl (C=O) groups is 2. The first kappa shape index (κ1) is 35.0. The van der Waals surface area contributed by atoms with Gasteiger partial charge in [-0.05, 0) is 87.0 Å². The molecule has 5 rings (SSSR count). The zero-order chi connectivity index (χ0) is 35.6. The molecule has 0 spiro atoms. The molecule has 256 valence electrons. The quantitative estimate of drug-likeness (QED) is 0.177. The number of amides is 1. The second-order valence-electron chi connectivity index (χ2n) is 12.1. The molecule has 1 amide bonds. The van der Waals surface area contributed by atoms with Crippen LogP contribution in [0.2, 0.25) is 0 Å². The molecule has 49 heavy (non-hydrogen) atoms. The summed E-state index contributed by atoms with van der Waals surface area (Å²) in [6.45, 7) is 4.74. The van der Waals surface area contributed by atoms with Crippen molar-refractivity contribution < 1.29 is 42.1 Å². The number of aromatic hydroxyl groups is 1. The van der Waals surface area contributed by atoms with E-state index in [9.17, 15) is 32.7 Å². The molecule has 2 heterocycles. The summed E-state index contributed by atoms with van der Waals surface area (Å²) in [5.41, 5.74) is -1.88. The van der Waals surface area contributed by atoms with E-state index in [0.717, 1.165) is 41.2 Å². The van der Waals surface area contributed by atoms with Crippen molar-refractivity contribution in [2.24, 2.45) is 4.99 Å². The zero-order valence-electron chi connectivity index (χ0n) is 26.8. The van der Waals surface area contributed by atoms with Crippen LogP contribution in [0.3, 0.4) is 0 Å². The van der Waals surface area contributed by atoms with Crippen LogP contribution in [-0.2, 0) is 27.7 Å². The van der Waals surface area contributed by atoms with Crippen molar-refractivity contribution in [3.05, 3.63) is 110 Å². The van der Waals surface area contributed by atoms with Crippen LogP contribution in [0, 0.1) is 0 Å². The largest absolute Gasteiger partial charge is 0.494 e. The molecule has 1 aromatic heterocycles. The molecule has 1 aliphatic rings. The highest BCUT2D eigenvalue weighted by molar-refractivity contribution is 7.09. The Bertz CT molecular complexity index is 1950. The minimum atomic E-state index is -4.55. The van der Waals surface area contributed by atoms with Crippen LogP contribution in [0.25, 0.3) is 0 Å². The van der Waals surface area contributed by atoms with Gasteiger partial charge in [-0.25, -0.2) is 4.79 Å². The number of aromatic amines is 1. The number of hydrogen-bond acceptors (Lipinski definition) is 9. The molecular weight excluding hydrogens is 663 g/mol. The fraction of sp³-hybridized carbons (Fsp3) is 0.257. The van der Waals surface area contributed by atoms with Crippen LogP contribution in [0.4, 0.5) is 23.7 Å². The van der Waals surface area contributed by atoms with Gasteiger partial charge in [0.05, 0.1) is 16.1 Å². The van der Waals surface area contributed by atoms with E-state index in [-0.39, 0.29) is 27.8 Å². The first-order chi connectivity index (χ1) is 23.0. The van der Waals surface area contributed by atoms with Crippen LogP contribution in [0.5, 0.6) is 23.1 Å². The summed E-state index contributed by atoms with van der Waals surface area (Å²) in [7, 11) is 1.49. The molecule has 3 aromatic carbocycles. The smallest absolute Gasteiger partial charge is 0.416 e. The number of rotatable bonds is 10. The summed E-state index contributed by atoms with van der Waals surface area (Å²) in [5.74, 6) is -0.169. The first-order valence-corrected chi connectivity index (χ1v) is 15.7. The van der Waals surface area contributed by atoms with Crippen molar-refractivity contribution in [2.75, 3.05) is 18.6 Å². The summed E-state index contributed by atoms with van der Waals surface area (Å²) < 4.78 is 57.1. The third-order valence-electron chi connectivity index (χ3n) is 7.33. The van der Waals surface area contributed by atoms with Crippen LogP contribution in [0.1, 0.15) is 42.3 Å². The van der Waals surface area contributed by atoms with Crippen LogP contribution >= 0.6 is 11.3 Å². The van der Waals surface area contributed by atoms with Gasteiger partial charge in [0.25, 0.3) is 0 Å². The van der Waals surface area contributed by atoms with Gasteiger partial charge in [0.1, 0.15) is 29.5 Å². The number of H-pyrrole nitrogens is 1. The number of thiazole rings is 1. The summed E-state index contributed by atoms with van der Waals surface area (Å²) in [6.07, 6.45) is -0.306. The topological polar surface area (TPSA) is 131 Å². The summed E-state index contributed by atoms with van der Waals surface area (Å²) in [5, 5.41) is 9.87. The summed E-state index contributed by atoms with van der Waals surface area (Å²) in [4.78, 5) is 46.4. The molecule has 0 saturated heterocycles. The number of nitrogens with zero attached hydrogens (tertiary/aromatic N) is 2. The van der Waals surface area contributed by atoms with Crippen LogP contribution in [0.15, 0.2) is 88.7 Å². The average Bonchev–Trinajstić information content (AvgIpc) is 3.65. The third-order valence-corrected chi connectivity index (χ3v) is 8.20. The number of allylic oxidation sites excluding steroid dienone is 1. The number of ketones is 1. The molecule has 14 heteroatoms. The van der Waals surface area contributed by atoms with Crippen molar-refractivity contribution in [1.82, 2.24) is 4.98 Å². The van der Waals surface area contributed by atoms with Crippen molar-refractivity contribution in [3.63, 3.8) is 0 Å². The summed E-state index contributed by atoms with van der Waals surface area (Å²) >= 11 is 0.910. The Morgan fingerprint density at radius 2 is 1.67 bits per heavy atom. The highest BCUT2D eigenvalue weighted by Crippen LogP contribution is 2.42. The van der Waals surface area contributed by atoms with E-state index in [0.29, 0.717) is 22.7 Å². The number of anilines is 1. The normalized spacial score (nSPS) is 15.7. The number of nitrogens with one attached hydrogen (secondary N) is 1. The molecule has 1 unspecified atom stereocenters. The second kappa shape index (κ2) is 13.6. The van der Waals surface area contributed by atoms with E-state index in [1.165, 1.54) is 24.2 Å². The van der Waals surface area contributed by atoms with Gasteiger partial charge in [-0.1, -0.05) is 23.5 Å². The lowest BCUT2D eigenvalue weighted by atomic mass is 9.86. The van der Waals surface area contributed by atoms with Gasteiger partial charge >= 0.3 is 17.1 Å². The molecule has 4 aromatic rings. The van der Waals surface area contributed by atoms with Crippen molar-refractivity contribution >= 4 is 35.1 Å². The van der Waals surface area contributed by atoms with E-state index in [4.69, 9.17) is 14.2 Å². The molecule has 2 N–H and O–H groups in total. The highest BCUT2D eigenvalue weighted by atomic mass is 32.1. The Morgan fingerprint density at radius 3 is 2.24 bits per heavy atom. The number of carbonyl (C=O) groups excluding carboxylic acids is 2. The van der Waals surface area contributed by atoms with Crippen molar-refractivity contribution in [2.45, 2.75) is 44.5 Å². The molecule has 0 bridgehead atoms. The number of Topliss-reactive ketones (excluding diaryl/α,β-unsaturated/α-hetero) is 1. The van der Waals surface area contributed by atoms with E-state index >= 15 is 0 Å². The van der Waals surface area contributed by atoms with Crippen LogP contribution < -0.4 is 19.2 Å². The van der Waals surface area contributed by atoms with Crippen molar-refractivity contribution in [3.8, 4) is 23.1 Å². The number of halogens is 3. The van der Waals surface area contributed by atoms with Gasteiger partial charge in [0.2, 0.25) is 11.7 Å². The zero-order valence-corrected chi connectivity index (χ0v) is 27.6. The van der Waals surface area contributed by atoms with Gasteiger partial charge in [0.15, 0.2) is 5.54 Å². The number of alkyl halides is 3. The lowest BCUT2D eigenvalue weighted by molar-refractivity contribution is -0.137. The number of aliphatic imine (C=N–C) groups is 1. The maximum Gasteiger partial charge on any atom is 0.416 e. The van der Waals surface area contributed by atoms with E-state index in [1.54, 1.807) is 69.3 Å². The monoisotopic (exact) mass is 695 g/mol. The second-order valence-corrected chi connectivity index (χ2v) is 13.1. The molecule has 0 saturated carbocycles. The Labute approximate surface area is 283 Å². The van der Waals surface area contributed by atoms with Gasteiger partial charge < -0.3 is 19.3 Å². The number of hydrogen-bond donors (Lipinski definition) is 2. The molecule has 0 aliphatic carbocycles. The summed E-state index contributed by atoms with van der Waals surface area (Å²) in [6, 6.07) is 15.5. The number of benzene rings is 3. The van der Waals surface area contributed by atoms with E-state index in [1.807, 2.05) is 0 Å². The average molecular weight is 696 g/mol. The Kier molecular flexibility index (Phi) is 9.72. The molecular formula is C35H32F3N3O7S. The predicted octanol–water partition coefficient (Wildman–Crippen LogP) is 7.40. The minimum absolute atomic E-state index is 0.0523. The Balaban J connectivity index is 1.42. The Hall–Kier alpha value is -5.37. The molecule has 1 aliphatic heterocycles. The standard InChI is InChI=1S/C35H32F3N3O7S/c1-33(2,3)48-32(45)41(4)23-10-15-26(27(19-23)47-25-13-8-22(9-14-25)35(36,37)38)34(16-5-17-39-34)29(42)20-46-24-11-6-21(7-12-24)18-28-30(43)40-31(44)49-28/h5-17,19,43H,18,20H2,1-4H3,(H,40,44). The fourth-order valence-electron chi connectivity index (χ4n) is 4.87. The van der Waals surface area contributed by atoms with Crippen molar-refractivity contribution in [1.29, 1.82) is 0 Å². The fourth-order valence-corrected chi connectivity index (χ4v) is 5.63. The SMILES string of the molecule is CN(C(=O)OC(C)(C)C)c1ccc(C2(C(=O)COc3ccc(Cc4sc(=O)[nH]c4O)cc3)C=CC=N2)c(Oc2ccc(C(F)(F)F)cc2)c1. The maximum absolute atomic E-state index is 13.9. The van der Waals surface area contributed by atoms with Gasteiger partial charge in [0, 0.05) is 31.3 Å². The van der Waals surface area contributed by atoms with Gasteiger partial charge in [-0.15, -0.1) is 0 Å². The van der Waals surface area contributed by atoms with E-state index in [2.05, 4.69) is 9.98 Å². The maximum atomic E-state index is 13.9. The number of aromatic nitrogens is 1. The number of ether oxygens (including phenoxy) is 3. The lowest BCUT2D eigenvalue weighted by Gasteiger charge is -2.28. The molecule has 0 fully saturated rings. The minimum Gasteiger partial charge on any atom is -0.494 e. The lowest BCUT2D eigenvalue weighted by Crippen LogP contribution is -2.36. The highest BCUT2D eigenvalue weighted by Gasteiger charge is 2.42. The Morgan fingerprint density at radius 1 is 1.00 bits per heavy atom. The first-order valence-electron chi connectivity index (χ1n) is 14.9.